The van der Waals surface area contributed by atoms with Crippen molar-refractivity contribution >= 4 is 24.1 Å². The number of ether oxygens (including phenoxy) is 2. The van der Waals surface area contributed by atoms with Crippen molar-refractivity contribution in [2.45, 2.75) is 50.6 Å². The molecule has 16 heteroatoms. The van der Waals surface area contributed by atoms with E-state index in [0.717, 1.165) is 0 Å². The summed E-state index contributed by atoms with van der Waals surface area (Å²) >= 11 is 0. The van der Waals surface area contributed by atoms with E-state index in [-0.39, 0.29) is 52.1 Å². The van der Waals surface area contributed by atoms with E-state index in [2.05, 4.69) is 0 Å². The fraction of sp³-hybridized carbons (Fsp3) is 0.800. The van der Waals surface area contributed by atoms with Gasteiger partial charge in [-0.1, -0.05) is 27.7 Å². The van der Waals surface area contributed by atoms with Crippen molar-refractivity contribution in [2.75, 3.05) is 40.3 Å². The predicted octanol–water partition coefficient (Wildman–Crippen LogP) is -1.31. The van der Waals surface area contributed by atoms with Crippen LogP contribution in [0.2, 0.25) is 0 Å². The quantitative estimate of drug-likeness (QED) is 0.466. The Morgan fingerprint density at radius 1 is 0.556 bits per heavy atom. The van der Waals surface area contributed by atoms with Crippen molar-refractivity contribution < 1.29 is 28.7 Å². The summed E-state index contributed by atoms with van der Waals surface area (Å²) in [6.45, 7) is 6.56. The van der Waals surface area contributed by atoms with E-state index in [4.69, 9.17) is 20.9 Å². The molecule has 0 spiro atoms. The van der Waals surface area contributed by atoms with Crippen LogP contribution in [-0.4, -0.2) is 126 Å². The normalized spacial score (nSPS) is 40.9. The van der Waals surface area contributed by atoms with Crippen molar-refractivity contribution in [1.29, 1.82) is 0 Å². The highest BCUT2D eigenvalue weighted by Crippen LogP contribution is 2.59. The van der Waals surface area contributed by atoms with Gasteiger partial charge in [0.15, 0.2) is 11.3 Å². The number of carbonyl (C=O) groups excluding carboxylic acids is 4. The molecule has 7 heterocycles. The molecule has 36 heavy (non-hydrogen) atoms. The van der Waals surface area contributed by atoms with Crippen molar-refractivity contribution in [3.05, 3.63) is 0 Å². The molecular weight excluding hydrogens is 476 g/mol. The molecule has 0 aromatic heterocycles. The van der Waals surface area contributed by atoms with E-state index in [1.807, 2.05) is 27.7 Å². The molecule has 0 radical (unpaired) electrons. The summed E-state index contributed by atoms with van der Waals surface area (Å²) in [5.74, 6) is -4.03. The van der Waals surface area contributed by atoms with Crippen LogP contribution in [0.3, 0.4) is 0 Å². The molecular formula is C20H30N10O6. The van der Waals surface area contributed by atoms with Crippen LogP contribution in [-0.2, 0) is 9.47 Å². The van der Waals surface area contributed by atoms with Crippen LogP contribution < -0.4 is 11.5 Å². The molecule has 7 saturated heterocycles. The Balaban J connectivity index is 1.49. The average molecular weight is 507 g/mol. The van der Waals surface area contributed by atoms with Crippen LogP contribution in [0.25, 0.3) is 0 Å². The highest BCUT2D eigenvalue weighted by Gasteiger charge is 2.85. The van der Waals surface area contributed by atoms with Crippen LogP contribution in [0, 0.1) is 11.8 Å². The van der Waals surface area contributed by atoms with E-state index in [1.54, 1.807) is 0 Å². The van der Waals surface area contributed by atoms with Gasteiger partial charge in [0.2, 0.25) is 11.6 Å². The number of nitrogens with two attached hydrogens (primary N) is 2. The molecule has 7 aliphatic heterocycles. The van der Waals surface area contributed by atoms with Gasteiger partial charge in [0.1, 0.15) is 40.3 Å². The molecule has 0 aromatic carbocycles. The maximum absolute atomic E-state index is 13.9. The lowest BCUT2D eigenvalue weighted by Gasteiger charge is -2.55. The minimum atomic E-state index is -1.71. The summed E-state index contributed by atoms with van der Waals surface area (Å²) in [5, 5.41) is 0. The first-order chi connectivity index (χ1) is 16.9. The minimum absolute atomic E-state index is 0.0713. The first-order valence-electron chi connectivity index (χ1n) is 12.0. The zero-order valence-corrected chi connectivity index (χ0v) is 20.6. The van der Waals surface area contributed by atoms with Gasteiger partial charge in [-0.2, -0.15) is 0 Å². The Hall–Kier alpha value is -3.08. The standard InChI is InChI=1S/C20H30N10O6/c1-11(2)17-19(21)23-5-25-15(33)29-9-36-10-30-16(34)26(20(25,22)18(29,30)12(3)4)6-24(19)14(32)28(17)8-35-7-27(17)13(23)31/h11-12H,5-10,21-22H2,1-4H3. The second kappa shape index (κ2) is 6.07. The van der Waals surface area contributed by atoms with Crippen LogP contribution in [0.4, 0.5) is 19.2 Å². The third-order valence-corrected chi connectivity index (χ3v) is 9.28. The van der Waals surface area contributed by atoms with Gasteiger partial charge >= 0.3 is 24.1 Å². The molecule has 0 bridgehead atoms. The van der Waals surface area contributed by atoms with Gasteiger partial charge < -0.3 is 9.47 Å². The van der Waals surface area contributed by atoms with Crippen LogP contribution in [0.5, 0.6) is 0 Å². The summed E-state index contributed by atoms with van der Waals surface area (Å²) in [5.41, 5.74) is 11.7. The third kappa shape index (κ3) is 1.72. The maximum atomic E-state index is 13.9. The van der Waals surface area contributed by atoms with Crippen LogP contribution in [0.15, 0.2) is 0 Å². The monoisotopic (exact) mass is 506 g/mol. The summed E-state index contributed by atoms with van der Waals surface area (Å²) in [6.07, 6.45) is 0. The largest absolute Gasteiger partial charge is 0.340 e. The molecule has 0 unspecified atom stereocenters. The summed E-state index contributed by atoms with van der Waals surface area (Å²) < 4.78 is 11.2. The van der Waals surface area contributed by atoms with Gasteiger partial charge in [0.05, 0.1) is 0 Å². The number of hydrogen-bond donors (Lipinski definition) is 2. The molecule has 196 valence electrons. The zero-order chi connectivity index (χ0) is 25.7. The van der Waals surface area contributed by atoms with Gasteiger partial charge in [-0.3, -0.25) is 50.7 Å². The molecule has 0 saturated carbocycles. The van der Waals surface area contributed by atoms with Crippen molar-refractivity contribution in [3.8, 4) is 0 Å². The smallest absolute Gasteiger partial charge is 0.328 e. The van der Waals surface area contributed by atoms with Crippen LogP contribution >= 0.6 is 0 Å². The number of hydrogen-bond acceptors (Lipinski definition) is 8. The number of amides is 8. The Morgan fingerprint density at radius 3 is 1.03 bits per heavy atom. The highest BCUT2D eigenvalue weighted by atomic mass is 16.5. The van der Waals surface area contributed by atoms with Crippen LogP contribution in [0.1, 0.15) is 27.7 Å². The second-order valence-electron chi connectivity index (χ2n) is 11.0. The Labute approximate surface area is 206 Å². The lowest BCUT2D eigenvalue weighted by Crippen LogP contribution is -2.82. The molecule has 0 aromatic rings. The Bertz CT molecular complexity index is 982. The number of carbonyl (C=O) groups is 4. The van der Waals surface area contributed by atoms with Gasteiger partial charge in [-0.15, -0.1) is 0 Å². The minimum Gasteiger partial charge on any atom is -0.340 e. The lowest BCUT2D eigenvalue weighted by molar-refractivity contribution is -0.209. The Morgan fingerprint density at radius 2 is 0.806 bits per heavy atom. The summed E-state index contributed by atoms with van der Waals surface area (Å²) in [6, 6.07) is -1.95. The zero-order valence-electron chi connectivity index (χ0n) is 20.6. The first-order valence-corrected chi connectivity index (χ1v) is 12.0. The first kappa shape index (κ1) is 22.1. The summed E-state index contributed by atoms with van der Waals surface area (Å²) in [7, 11) is 0. The molecule has 7 aliphatic rings. The topological polar surface area (TPSA) is 165 Å². The number of urea groups is 4. The summed E-state index contributed by atoms with van der Waals surface area (Å²) in [4.78, 5) is 66.8. The molecule has 7 rings (SSSR count). The van der Waals surface area contributed by atoms with Crippen molar-refractivity contribution in [3.63, 3.8) is 0 Å². The van der Waals surface area contributed by atoms with Gasteiger partial charge in [0.25, 0.3) is 0 Å². The van der Waals surface area contributed by atoms with E-state index in [1.165, 1.54) is 39.2 Å². The number of nitrogens with zero attached hydrogens (tertiary/aromatic N) is 8. The van der Waals surface area contributed by atoms with Crippen molar-refractivity contribution in [1.82, 2.24) is 39.2 Å². The fourth-order valence-electron chi connectivity index (χ4n) is 8.03. The SMILES string of the molecule is CC(C)C12N3COCN1C(=O)N1CN4C(=O)N5COCN6C(=O)N(CN(C3=O)C12N)C4(N)C65C(C)C. The van der Waals surface area contributed by atoms with E-state index < -0.39 is 47.0 Å². The molecule has 4 N–H and O–H groups in total. The van der Waals surface area contributed by atoms with E-state index >= 15 is 0 Å². The molecule has 8 amide bonds. The maximum Gasteiger partial charge on any atom is 0.328 e. The highest BCUT2D eigenvalue weighted by molar-refractivity contribution is 5.92. The van der Waals surface area contributed by atoms with E-state index in [0.29, 0.717) is 0 Å². The second-order valence-corrected chi connectivity index (χ2v) is 11.0. The lowest BCUT2D eigenvalue weighted by atomic mass is 9.86. The fourth-order valence-corrected chi connectivity index (χ4v) is 8.03. The predicted molar refractivity (Wildman–Crippen MR) is 117 cm³/mol. The van der Waals surface area contributed by atoms with Gasteiger partial charge in [-0.25, -0.2) is 19.2 Å². The number of rotatable bonds is 2. The molecule has 7 fully saturated rings. The van der Waals surface area contributed by atoms with Gasteiger partial charge in [0, 0.05) is 11.8 Å². The average Bonchev–Trinajstić information content (AvgIpc) is 3.33. The molecule has 16 nitrogen and oxygen atoms in total. The van der Waals surface area contributed by atoms with E-state index in [9.17, 15) is 19.2 Å². The Kier molecular flexibility index (Phi) is 3.73. The van der Waals surface area contributed by atoms with Gasteiger partial charge in [-0.05, 0) is 0 Å². The molecule has 0 aliphatic carbocycles. The third-order valence-electron chi connectivity index (χ3n) is 9.28. The van der Waals surface area contributed by atoms with Crippen molar-refractivity contribution in [2.24, 2.45) is 23.3 Å². The molecule has 0 atom stereocenters.